The highest BCUT2D eigenvalue weighted by atomic mass is 14.9. The first kappa shape index (κ1) is 19.3. The number of rotatable bonds is 4. The van der Waals surface area contributed by atoms with Crippen molar-refractivity contribution < 1.29 is 9.13 Å². The lowest BCUT2D eigenvalue weighted by molar-refractivity contribution is -0.661. The van der Waals surface area contributed by atoms with E-state index in [1.807, 2.05) is 0 Å². The van der Waals surface area contributed by atoms with Crippen LogP contribution < -0.4 is 9.13 Å². The van der Waals surface area contributed by atoms with Crippen LogP contribution in [-0.4, -0.2) is 0 Å². The van der Waals surface area contributed by atoms with E-state index in [-0.39, 0.29) is 0 Å². The Morgan fingerprint density at radius 2 is 1.04 bits per heavy atom. The maximum Gasteiger partial charge on any atom is 0.212 e. The van der Waals surface area contributed by atoms with Gasteiger partial charge in [-0.15, -0.1) is 0 Å². The first-order valence-corrected chi connectivity index (χ1v) is 9.89. The van der Waals surface area contributed by atoms with Crippen molar-refractivity contribution in [1.29, 1.82) is 0 Å². The summed E-state index contributed by atoms with van der Waals surface area (Å²) in [6.45, 7) is 11.2. The number of hydrogen-bond donors (Lipinski definition) is 0. The molecule has 2 aromatic heterocycles. The number of hydrogen-bond acceptors (Lipinski definition) is 0. The van der Waals surface area contributed by atoms with Crippen LogP contribution >= 0.6 is 0 Å². The lowest BCUT2D eigenvalue weighted by Crippen LogP contribution is -2.32. The summed E-state index contributed by atoms with van der Waals surface area (Å²) in [5, 5.41) is 0. The van der Waals surface area contributed by atoms with E-state index in [4.69, 9.17) is 0 Å². The highest BCUT2D eigenvalue weighted by molar-refractivity contribution is 5.73. The van der Waals surface area contributed by atoms with Gasteiger partial charge in [0, 0.05) is 34.4 Å². The van der Waals surface area contributed by atoms with Crippen LogP contribution in [0.15, 0.2) is 54.9 Å². The normalized spacial score (nSPS) is 11.4. The molecule has 0 atom stereocenters. The minimum absolute atomic E-state index is 0.538. The van der Waals surface area contributed by atoms with Crippen molar-refractivity contribution in [2.45, 2.75) is 46.5 Å². The Morgan fingerprint density at radius 1 is 0.630 bits per heavy atom. The summed E-state index contributed by atoms with van der Waals surface area (Å²) >= 11 is 0. The van der Waals surface area contributed by atoms with E-state index in [1.54, 1.807) is 0 Å². The Kier molecular flexibility index (Phi) is 5.46. The molecule has 0 aliphatic rings. The van der Waals surface area contributed by atoms with Gasteiger partial charge in [-0.25, -0.2) is 9.13 Å². The zero-order valence-corrected chi connectivity index (χ0v) is 17.7. The van der Waals surface area contributed by atoms with Gasteiger partial charge in [0.1, 0.15) is 14.1 Å². The number of aromatic nitrogens is 2. The fraction of sp³-hybridized carbons (Fsp3) is 0.360. The lowest BCUT2D eigenvalue weighted by Gasteiger charge is -2.11. The Hall–Kier alpha value is -2.48. The van der Waals surface area contributed by atoms with Gasteiger partial charge in [0.2, 0.25) is 11.4 Å². The monoisotopic (exact) mass is 360 g/mol. The molecule has 0 N–H and O–H groups in total. The van der Waals surface area contributed by atoms with E-state index in [2.05, 4.69) is 113 Å². The number of aryl methyl sites for hydroxylation is 2. The minimum Gasteiger partial charge on any atom is -0.201 e. The van der Waals surface area contributed by atoms with Crippen LogP contribution in [0.5, 0.6) is 0 Å². The molecule has 0 radical (unpaired) electrons. The molecule has 0 aliphatic heterocycles. The molecule has 3 rings (SSSR count). The largest absolute Gasteiger partial charge is 0.212 e. The molecule has 0 spiro atoms. The highest BCUT2D eigenvalue weighted by Gasteiger charge is 2.20. The van der Waals surface area contributed by atoms with Crippen molar-refractivity contribution in [2.75, 3.05) is 0 Å². The molecule has 0 saturated carbocycles. The topological polar surface area (TPSA) is 7.76 Å². The van der Waals surface area contributed by atoms with E-state index in [9.17, 15) is 0 Å². The zero-order chi connectivity index (χ0) is 19.7. The molecule has 2 nitrogen and oxygen atoms in total. The number of benzene rings is 1. The molecule has 0 bridgehead atoms. The third-order valence-electron chi connectivity index (χ3n) is 5.53. The molecule has 0 unspecified atom stereocenters. The van der Waals surface area contributed by atoms with Gasteiger partial charge in [0.25, 0.3) is 0 Å². The van der Waals surface area contributed by atoms with Crippen LogP contribution in [0.2, 0.25) is 0 Å². The zero-order valence-electron chi connectivity index (χ0n) is 17.7. The molecule has 0 aliphatic carbocycles. The quantitative estimate of drug-likeness (QED) is 0.563. The molecule has 1 aromatic carbocycles. The Bertz CT molecular complexity index is 892. The summed E-state index contributed by atoms with van der Waals surface area (Å²) in [5.41, 5.74) is 9.13. The molecular formula is C25H32N2+2. The van der Waals surface area contributed by atoms with E-state index in [0.717, 1.165) is 0 Å². The fourth-order valence-electron chi connectivity index (χ4n) is 3.69. The van der Waals surface area contributed by atoms with Crippen molar-refractivity contribution >= 4 is 0 Å². The van der Waals surface area contributed by atoms with Gasteiger partial charge < -0.3 is 0 Å². The summed E-state index contributed by atoms with van der Waals surface area (Å²) in [7, 11) is 4.29. The van der Waals surface area contributed by atoms with E-state index in [1.165, 1.54) is 39.2 Å². The van der Waals surface area contributed by atoms with Gasteiger partial charge in [-0.1, -0.05) is 33.8 Å². The molecule has 0 amide bonds. The molecule has 3 aromatic rings. The standard InChI is InChI=1S/C25H32N2/c1-17(2)20-11-13-24(26(6)15-20)22-9-8-10-23(19(22)5)25-14-12-21(18(3)4)16-27(25)7/h8-18H,1-7H3/q+2. The Morgan fingerprint density at radius 3 is 1.37 bits per heavy atom. The summed E-state index contributed by atoms with van der Waals surface area (Å²) < 4.78 is 4.51. The summed E-state index contributed by atoms with van der Waals surface area (Å²) in [5.74, 6) is 1.08. The lowest BCUT2D eigenvalue weighted by atomic mass is 9.95. The molecule has 0 fully saturated rings. The van der Waals surface area contributed by atoms with Crippen molar-refractivity contribution in [3.05, 3.63) is 71.5 Å². The average Bonchev–Trinajstić information content (AvgIpc) is 2.62. The van der Waals surface area contributed by atoms with Crippen molar-refractivity contribution in [2.24, 2.45) is 14.1 Å². The van der Waals surface area contributed by atoms with Gasteiger partial charge in [0.05, 0.1) is 0 Å². The number of nitrogens with zero attached hydrogens (tertiary/aromatic N) is 2. The molecular weight excluding hydrogens is 328 g/mol. The second-order valence-electron chi connectivity index (χ2n) is 8.20. The predicted octanol–water partition coefficient (Wildman–Crippen LogP) is 5.22. The van der Waals surface area contributed by atoms with Crippen LogP contribution in [0.3, 0.4) is 0 Å². The van der Waals surface area contributed by atoms with Crippen molar-refractivity contribution in [3.8, 4) is 22.5 Å². The first-order valence-electron chi connectivity index (χ1n) is 9.89. The molecule has 140 valence electrons. The second-order valence-corrected chi connectivity index (χ2v) is 8.20. The van der Waals surface area contributed by atoms with Crippen molar-refractivity contribution in [1.82, 2.24) is 0 Å². The average molecular weight is 361 g/mol. The molecule has 0 saturated heterocycles. The van der Waals surface area contributed by atoms with Crippen LogP contribution in [0.25, 0.3) is 22.5 Å². The molecule has 27 heavy (non-hydrogen) atoms. The van der Waals surface area contributed by atoms with E-state index < -0.39 is 0 Å². The van der Waals surface area contributed by atoms with Gasteiger partial charge in [-0.3, -0.25) is 0 Å². The van der Waals surface area contributed by atoms with E-state index >= 15 is 0 Å². The number of pyridine rings is 2. The van der Waals surface area contributed by atoms with Crippen LogP contribution in [0.1, 0.15) is 56.2 Å². The predicted molar refractivity (Wildman–Crippen MR) is 113 cm³/mol. The third kappa shape index (κ3) is 3.80. The van der Waals surface area contributed by atoms with Crippen LogP contribution in [-0.2, 0) is 14.1 Å². The van der Waals surface area contributed by atoms with Gasteiger partial charge >= 0.3 is 0 Å². The Labute approximate surface area is 164 Å². The van der Waals surface area contributed by atoms with Gasteiger partial charge in [-0.05, 0) is 48.6 Å². The third-order valence-corrected chi connectivity index (χ3v) is 5.53. The molecule has 2 heterocycles. The maximum absolute atomic E-state index is 2.25. The summed E-state index contributed by atoms with van der Waals surface area (Å²) in [6, 6.07) is 15.6. The molecule has 2 heteroatoms. The smallest absolute Gasteiger partial charge is 0.201 e. The van der Waals surface area contributed by atoms with Gasteiger partial charge in [-0.2, -0.15) is 0 Å². The Balaban J connectivity index is 2.10. The summed E-state index contributed by atoms with van der Waals surface area (Å²) in [4.78, 5) is 0. The van der Waals surface area contributed by atoms with Crippen molar-refractivity contribution in [3.63, 3.8) is 0 Å². The van der Waals surface area contributed by atoms with E-state index in [0.29, 0.717) is 11.8 Å². The fourth-order valence-corrected chi connectivity index (χ4v) is 3.69. The SMILES string of the molecule is Cc1c(-c2ccc(C(C)C)c[n+]2C)cccc1-c1ccc(C(C)C)c[n+]1C. The minimum atomic E-state index is 0.538. The highest BCUT2D eigenvalue weighted by Crippen LogP contribution is 2.29. The first-order chi connectivity index (χ1) is 12.8. The maximum atomic E-state index is 2.25. The van der Waals surface area contributed by atoms with Crippen LogP contribution in [0.4, 0.5) is 0 Å². The summed E-state index contributed by atoms with van der Waals surface area (Å²) in [6.07, 6.45) is 4.51. The van der Waals surface area contributed by atoms with Crippen LogP contribution in [0, 0.1) is 6.92 Å². The second kappa shape index (κ2) is 7.64. The van der Waals surface area contributed by atoms with Gasteiger partial charge in [0.15, 0.2) is 12.4 Å².